The molecule has 1 aromatic heterocycles. The van der Waals surface area contributed by atoms with Crippen LogP contribution in [0.1, 0.15) is 25.8 Å². The van der Waals surface area contributed by atoms with Crippen LogP contribution in [-0.4, -0.2) is 44.9 Å². The number of carbonyl (C=O) groups is 2. The fourth-order valence-electron chi connectivity index (χ4n) is 2.13. The molecule has 0 saturated carbocycles. The highest BCUT2D eigenvalue weighted by atomic mass is 16.4. The lowest BCUT2D eigenvalue weighted by molar-refractivity contribution is -0.114. The van der Waals surface area contributed by atoms with Crippen molar-refractivity contribution in [3.05, 3.63) is 12.4 Å². The third-order valence-electron chi connectivity index (χ3n) is 3.03. The van der Waals surface area contributed by atoms with Crippen LogP contribution in [0.25, 0.3) is 0 Å². The van der Waals surface area contributed by atoms with Crippen LogP contribution in [0.15, 0.2) is 12.4 Å². The van der Waals surface area contributed by atoms with Gasteiger partial charge in [-0.2, -0.15) is 5.10 Å². The molecule has 1 fully saturated rings. The number of anilines is 1. The lowest BCUT2D eigenvalue weighted by Gasteiger charge is -2.29. The lowest BCUT2D eigenvalue weighted by atomic mass is 10.1. The van der Waals surface area contributed by atoms with Crippen LogP contribution in [0.5, 0.6) is 0 Å². The second kappa shape index (κ2) is 5.07. The van der Waals surface area contributed by atoms with Gasteiger partial charge in [-0.1, -0.05) is 0 Å². The molecule has 0 spiro atoms. The Morgan fingerprint density at radius 3 is 2.67 bits per heavy atom. The third kappa shape index (κ3) is 2.79. The van der Waals surface area contributed by atoms with E-state index in [1.165, 1.54) is 11.8 Å². The average molecular weight is 252 g/mol. The van der Waals surface area contributed by atoms with Gasteiger partial charge < -0.3 is 15.3 Å². The summed E-state index contributed by atoms with van der Waals surface area (Å²) in [5.74, 6) is -0.129. The molecule has 1 saturated heterocycles. The summed E-state index contributed by atoms with van der Waals surface area (Å²) >= 11 is 0. The topological polar surface area (TPSA) is 87.5 Å². The van der Waals surface area contributed by atoms with E-state index in [0.29, 0.717) is 18.8 Å². The van der Waals surface area contributed by atoms with Crippen LogP contribution in [0, 0.1) is 0 Å². The zero-order chi connectivity index (χ0) is 13.1. The minimum absolute atomic E-state index is 0.129. The molecule has 0 atom stereocenters. The van der Waals surface area contributed by atoms with Crippen molar-refractivity contribution >= 4 is 17.7 Å². The van der Waals surface area contributed by atoms with Gasteiger partial charge in [0.2, 0.25) is 5.91 Å². The van der Waals surface area contributed by atoms with Crippen LogP contribution in [-0.2, 0) is 4.79 Å². The number of hydrogen-bond donors (Lipinski definition) is 2. The van der Waals surface area contributed by atoms with Gasteiger partial charge in [0.25, 0.3) is 0 Å². The molecule has 2 N–H and O–H groups in total. The highest BCUT2D eigenvalue weighted by molar-refractivity contribution is 5.88. The van der Waals surface area contributed by atoms with Gasteiger partial charge in [-0.25, -0.2) is 4.79 Å². The van der Waals surface area contributed by atoms with Gasteiger partial charge in [-0.15, -0.1) is 0 Å². The zero-order valence-electron chi connectivity index (χ0n) is 10.2. The van der Waals surface area contributed by atoms with E-state index in [9.17, 15) is 9.59 Å². The van der Waals surface area contributed by atoms with Gasteiger partial charge in [-0.05, 0) is 12.8 Å². The Morgan fingerprint density at radius 2 is 2.11 bits per heavy atom. The van der Waals surface area contributed by atoms with Gasteiger partial charge in [0, 0.05) is 26.2 Å². The second-order valence-electron chi connectivity index (χ2n) is 4.39. The molecule has 2 rings (SSSR count). The van der Waals surface area contributed by atoms with Crippen molar-refractivity contribution in [1.29, 1.82) is 0 Å². The van der Waals surface area contributed by atoms with E-state index in [4.69, 9.17) is 5.11 Å². The zero-order valence-corrected chi connectivity index (χ0v) is 10.2. The molecule has 2 heterocycles. The normalized spacial score (nSPS) is 16.6. The molecular formula is C11H16N4O3. The maximum Gasteiger partial charge on any atom is 0.407 e. The summed E-state index contributed by atoms with van der Waals surface area (Å²) in [5, 5.41) is 15.7. The summed E-state index contributed by atoms with van der Waals surface area (Å²) in [6.45, 7) is 2.49. The maximum atomic E-state index is 10.9. The van der Waals surface area contributed by atoms with Crippen molar-refractivity contribution in [2.24, 2.45) is 0 Å². The minimum Gasteiger partial charge on any atom is -0.465 e. The first kappa shape index (κ1) is 12.4. The lowest BCUT2D eigenvalue weighted by Crippen LogP contribution is -2.38. The van der Waals surface area contributed by atoms with Crippen LogP contribution < -0.4 is 5.32 Å². The van der Waals surface area contributed by atoms with Crippen molar-refractivity contribution in [2.45, 2.75) is 25.8 Å². The predicted molar refractivity (Wildman–Crippen MR) is 64.4 cm³/mol. The van der Waals surface area contributed by atoms with Gasteiger partial charge in [0.05, 0.1) is 17.9 Å². The molecule has 2 amide bonds. The Kier molecular flexibility index (Phi) is 3.50. The number of carboxylic acid groups (broad SMARTS) is 1. The Labute approximate surface area is 104 Å². The van der Waals surface area contributed by atoms with Crippen LogP contribution in [0.4, 0.5) is 10.5 Å². The van der Waals surface area contributed by atoms with Crippen molar-refractivity contribution in [1.82, 2.24) is 14.7 Å². The average Bonchev–Trinajstić information content (AvgIpc) is 2.76. The van der Waals surface area contributed by atoms with Crippen LogP contribution in [0.3, 0.4) is 0 Å². The van der Waals surface area contributed by atoms with Crippen molar-refractivity contribution in [3.63, 3.8) is 0 Å². The summed E-state index contributed by atoms with van der Waals surface area (Å²) in [4.78, 5) is 23.1. The van der Waals surface area contributed by atoms with E-state index in [2.05, 4.69) is 10.4 Å². The molecule has 0 radical (unpaired) electrons. The van der Waals surface area contributed by atoms with E-state index in [1.54, 1.807) is 17.1 Å². The molecule has 1 aliphatic rings. The number of nitrogens with one attached hydrogen (secondary N) is 1. The minimum atomic E-state index is -0.868. The van der Waals surface area contributed by atoms with Gasteiger partial charge in [0.15, 0.2) is 0 Å². The first-order valence-corrected chi connectivity index (χ1v) is 5.86. The van der Waals surface area contributed by atoms with Gasteiger partial charge in [-0.3, -0.25) is 9.48 Å². The Morgan fingerprint density at radius 1 is 1.44 bits per heavy atom. The monoisotopic (exact) mass is 252 g/mol. The number of piperidine rings is 1. The molecule has 1 aliphatic heterocycles. The number of hydrogen-bond acceptors (Lipinski definition) is 3. The Hall–Kier alpha value is -2.05. The summed E-state index contributed by atoms with van der Waals surface area (Å²) in [5.41, 5.74) is 0.670. The number of nitrogens with zero attached hydrogens (tertiary/aromatic N) is 3. The molecule has 98 valence electrons. The molecule has 0 aliphatic carbocycles. The third-order valence-corrected chi connectivity index (χ3v) is 3.03. The molecule has 0 unspecified atom stereocenters. The molecule has 1 aromatic rings. The Bertz CT molecular complexity index is 449. The summed E-state index contributed by atoms with van der Waals surface area (Å²) in [6, 6.07) is 0.197. The highest BCUT2D eigenvalue weighted by Gasteiger charge is 2.23. The first-order valence-electron chi connectivity index (χ1n) is 5.86. The predicted octanol–water partition coefficient (Wildman–Crippen LogP) is 1.16. The van der Waals surface area contributed by atoms with Crippen LogP contribution in [0.2, 0.25) is 0 Å². The van der Waals surface area contributed by atoms with Crippen molar-refractivity contribution in [3.8, 4) is 0 Å². The van der Waals surface area contributed by atoms with Gasteiger partial charge >= 0.3 is 6.09 Å². The smallest absolute Gasteiger partial charge is 0.407 e. The fraction of sp³-hybridized carbons (Fsp3) is 0.545. The number of rotatable bonds is 2. The van der Waals surface area contributed by atoms with E-state index in [0.717, 1.165) is 12.8 Å². The fourth-order valence-corrected chi connectivity index (χ4v) is 2.13. The molecule has 0 aromatic carbocycles. The number of carbonyl (C=O) groups excluding carboxylic acids is 1. The van der Waals surface area contributed by atoms with E-state index in [1.807, 2.05) is 0 Å². The van der Waals surface area contributed by atoms with E-state index in [-0.39, 0.29) is 11.9 Å². The van der Waals surface area contributed by atoms with E-state index < -0.39 is 6.09 Å². The summed E-state index contributed by atoms with van der Waals surface area (Å²) < 4.78 is 1.80. The number of likely N-dealkylation sites (tertiary alicyclic amines) is 1. The van der Waals surface area contributed by atoms with Crippen LogP contribution >= 0.6 is 0 Å². The highest BCUT2D eigenvalue weighted by Crippen LogP contribution is 2.23. The van der Waals surface area contributed by atoms with Crippen molar-refractivity contribution < 1.29 is 14.7 Å². The second-order valence-corrected chi connectivity index (χ2v) is 4.39. The quantitative estimate of drug-likeness (QED) is 0.826. The molecule has 18 heavy (non-hydrogen) atoms. The summed E-state index contributed by atoms with van der Waals surface area (Å²) in [7, 11) is 0. The molecule has 7 nitrogen and oxygen atoms in total. The van der Waals surface area contributed by atoms with Crippen molar-refractivity contribution in [2.75, 3.05) is 18.4 Å². The molecular weight excluding hydrogens is 236 g/mol. The largest absolute Gasteiger partial charge is 0.465 e. The standard InChI is InChI=1S/C11H16N4O3/c1-8(16)13-9-6-12-15(7-9)10-2-4-14(5-3-10)11(17)18/h6-7,10H,2-5H2,1H3,(H,13,16)(H,17,18). The van der Waals surface area contributed by atoms with E-state index >= 15 is 0 Å². The number of amides is 2. The molecule has 7 heteroatoms. The molecule has 0 bridgehead atoms. The summed E-state index contributed by atoms with van der Waals surface area (Å²) in [6.07, 6.45) is 4.00. The Balaban J connectivity index is 1.95. The number of aromatic nitrogens is 2. The SMILES string of the molecule is CC(=O)Nc1cnn(C2CCN(C(=O)O)CC2)c1. The maximum absolute atomic E-state index is 10.9. The first-order chi connectivity index (χ1) is 8.56. The van der Waals surface area contributed by atoms with Gasteiger partial charge in [0.1, 0.15) is 0 Å².